The van der Waals surface area contributed by atoms with Gasteiger partial charge in [0.1, 0.15) is 0 Å². The van der Waals surface area contributed by atoms with Crippen LogP contribution in [-0.2, 0) is 4.74 Å². The quantitative estimate of drug-likeness (QED) is 0.722. The summed E-state index contributed by atoms with van der Waals surface area (Å²) < 4.78 is 5.93. The van der Waals surface area contributed by atoms with E-state index in [9.17, 15) is 0 Å². The zero-order valence-corrected chi connectivity index (χ0v) is 12.3. The van der Waals surface area contributed by atoms with Crippen LogP contribution < -0.4 is 5.32 Å². The van der Waals surface area contributed by atoms with Crippen LogP contribution >= 0.6 is 0 Å². The molecular weight excluding hydrogens is 198 g/mol. The van der Waals surface area contributed by atoms with Crippen molar-refractivity contribution in [1.82, 2.24) is 5.32 Å². The Morgan fingerprint density at radius 1 is 1.12 bits per heavy atom. The molecule has 0 heterocycles. The van der Waals surface area contributed by atoms with E-state index in [0.717, 1.165) is 19.6 Å². The van der Waals surface area contributed by atoms with Gasteiger partial charge in [0.05, 0.1) is 12.7 Å². The highest BCUT2D eigenvalue weighted by Crippen LogP contribution is 2.20. The highest BCUT2D eigenvalue weighted by molar-refractivity contribution is 4.80. The Morgan fingerprint density at radius 2 is 1.69 bits per heavy atom. The molecule has 0 aliphatic carbocycles. The van der Waals surface area contributed by atoms with Gasteiger partial charge in [0.25, 0.3) is 0 Å². The van der Waals surface area contributed by atoms with Crippen LogP contribution in [0.4, 0.5) is 0 Å². The molecular formula is C14H31NO. The normalized spacial score (nSPS) is 16.5. The molecule has 0 fully saturated rings. The molecule has 0 saturated carbocycles. The summed E-state index contributed by atoms with van der Waals surface area (Å²) in [5.74, 6) is 0.710. The number of hydrogen-bond acceptors (Lipinski definition) is 2. The Hall–Kier alpha value is -0.0800. The maximum absolute atomic E-state index is 5.93. The predicted octanol–water partition coefficient (Wildman–Crippen LogP) is 3.46. The second-order valence-electron chi connectivity index (χ2n) is 6.25. The number of hydrogen-bond donors (Lipinski definition) is 1. The lowest BCUT2D eigenvalue weighted by atomic mass is 9.87. The third kappa shape index (κ3) is 7.24. The van der Waals surface area contributed by atoms with Gasteiger partial charge in [0, 0.05) is 6.04 Å². The zero-order chi connectivity index (χ0) is 12.8. The van der Waals surface area contributed by atoms with Gasteiger partial charge in [-0.3, -0.25) is 0 Å². The minimum absolute atomic E-state index is 0.258. The van der Waals surface area contributed by atoms with Gasteiger partial charge in [-0.25, -0.2) is 0 Å². The van der Waals surface area contributed by atoms with Crippen molar-refractivity contribution in [2.24, 2.45) is 11.3 Å². The van der Waals surface area contributed by atoms with Crippen LogP contribution in [0.5, 0.6) is 0 Å². The Morgan fingerprint density at radius 3 is 2.06 bits per heavy atom. The molecule has 0 aromatic carbocycles. The van der Waals surface area contributed by atoms with E-state index in [1.165, 1.54) is 0 Å². The van der Waals surface area contributed by atoms with Crippen LogP contribution in [0.15, 0.2) is 0 Å². The average Bonchev–Trinajstić information content (AvgIpc) is 2.08. The van der Waals surface area contributed by atoms with Gasteiger partial charge in [-0.15, -0.1) is 0 Å². The first-order chi connectivity index (χ1) is 7.27. The van der Waals surface area contributed by atoms with E-state index in [-0.39, 0.29) is 5.41 Å². The molecule has 0 aliphatic heterocycles. The molecule has 2 unspecified atom stereocenters. The van der Waals surface area contributed by atoms with E-state index in [1.807, 2.05) is 0 Å². The lowest BCUT2D eigenvalue weighted by Gasteiger charge is -2.32. The summed E-state index contributed by atoms with van der Waals surface area (Å²) in [6.45, 7) is 17.4. The van der Waals surface area contributed by atoms with Crippen molar-refractivity contribution in [1.29, 1.82) is 0 Å². The molecule has 0 bridgehead atoms. The van der Waals surface area contributed by atoms with Crippen molar-refractivity contribution in [3.8, 4) is 0 Å². The summed E-state index contributed by atoms with van der Waals surface area (Å²) in [5.41, 5.74) is 0.258. The zero-order valence-electron chi connectivity index (χ0n) is 12.3. The van der Waals surface area contributed by atoms with E-state index in [4.69, 9.17) is 4.74 Å². The molecule has 2 atom stereocenters. The molecule has 0 saturated heterocycles. The van der Waals surface area contributed by atoms with Gasteiger partial charge in [0.2, 0.25) is 0 Å². The third-order valence-electron chi connectivity index (χ3n) is 2.85. The maximum atomic E-state index is 5.93. The fourth-order valence-corrected chi connectivity index (χ4v) is 1.85. The molecule has 2 heteroatoms. The van der Waals surface area contributed by atoms with Crippen molar-refractivity contribution in [2.45, 2.75) is 67.0 Å². The number of rotatable bonds is 7. The number of nitrogens with one attached hydrogen (secondary N) is 1. The third-order valence-corrected chi connectivity index (χ3v) is 2.85. The van der Waals surface area contributed by atoms with Crippen LogP contribution in [0.2, 0.25) is 0 Å². The van der Waals surface area contributed by atoms with Crippen LogP contribution in [0.25, 0.3) is 0 Å². The van der Waals surface area contributed by atoms with Gasteiger partial charge in [-0.1, -0.05) is 41.5 Å². The standard InChI is InChI=1S/C14H31NO/c1-8-15-13(14(5,6)7)10-16-12(4)9-11(2)3/h11-13,15H,8-10H2,1-7H3. The highest BCUT2D eigenvalue weighted by Gasteiger charge is 2.24. The predicted molar refractivity (Wildman–Crippen MR) is 71.8 cm³/mol. The van der Waals surface area contributed by atoms with Crippen LogP contribution in [0, 0.1) is 11.3 Å². The molecule has 0 rings (SSSR count). The minimum atomic E-state index is 0.258. The van der Waals surface area contributed by atoms with Crippen molar-refractivity contribution in [3.63, 3.8) is 0 Å². The Kier molecular flexibility index (Phi) is 7.25. The largest absolute Gasteiger partial charge is 0.377 e. The molecule has 0 aromatic rings. The fourth-order valence-electron chi connectivity index (χ4n) is 1.85. The SMILES string of the molecule is CCNC(COC(C)CC(C)C)C(C)(C)C. The van der Waals surface area contributed by atoms with Gasteiger partial charge in [-0.05, 0) is 31.2 Å². The second-order valence-corrected chi connectivity index (χ2v) is 6.25. The first-order valence-corrected chi connectivity index (χ1v) is 6.62. The van der Waals surface area contributed by atoms with Crippen molar-refractivity contribution < 1.29 is 4.74 Å². The van der Waals surface area contributed by atoms with Gasteiger partial charge in [0.15, 0.2) is 0 Å². The number of likely N-dealkylation sites (N-methyl/N-ethyl adjacent to an activating group) is 1. The van der Waals surface area contributed by atoms with Crippen LogP contribution in [0.1, 0.15) is 54.9 Å². The van der Waals surface area contributed by atoms with E-state index in [2.05, 4.69) is 53.8 Å². The molecule has 2 nitrogen and oxygen atoms in total. The molecule has 0 amide bonds. The summed E-state index contributed by atoms with van der Waals surface area (Å²) in [6.07, 6.45) is 1.51. The van der Waals surface area contributed by atoms with Crippen molar-refractivity contribution >= 4 is 0 Å². The maximum Gasteiger partial charge on any atom is 0.0628 e. The second kappa shape index (κ2) is 7.29. The monoisotopic (exact) mass is 229 g/mol. The average molecular weight is 229 g/mol. The van der Waals surface area contributed by atoms with Gasteiger partial charge >= 0.3 is 0 Å². The fraction of sp³-hybridized carbons (Fsp3) is 1.00. The van der Waals surface area contributed by atoms with Crippen LogP contribution in [0.3, 0.4) is 0 Å². The van der Waals surface area contributed by atoms with E-state index in [0.29, 0.717) is 18.1 Å². The molecule has 0 aliphatic rings. The Balaban J connectivity index is 4.02. The van der Waals surface area contributed by atoms with Crippen molar-refractivity contribution in [3.05, 3.63) is 0 Å². The van der Waals surface area contributed by atoms with Gasteiger partial charge < -0.3 is 10.1 Å². The van der Waals surface area contributed by atoms with Crippen LogP contribution in [-0.4, -0.2) is 25.3 Å². The minimum Gasteiger partial charge on any atom is -0.377 e. The molecule has 16 heavy (non-hydrogen) atoms. The lowest BCUT2D eigenvalue weighted by molar-refractivity contribution is 0.0170. The van der Waals surface area contributed by atoms with Gasteiger partial charge in [-0.2, -0.15) is 0 Å². The summed E-state index contributed by atoms with van der Waals surface area (Å²) in [4.78, 5) is 0. The smallest absolute Gasteiger partial charge is 0.0628 e. The van der Waals surface area contributed by atoms with Crippen molar-refractivity contribution in [2.75, 3.05) is 13.2 Å². The topological polar surface area (TPSA) is 21.3 Å². The first kappa shape index (κ1) is 15.9. The molecule has 0 spiro atoms. The Labute approximate surface area is 102 Å². The summed E-state index contributed by atoms with van der Waals surface area (Å²) in [7, 11) is 0. The molecule has 98 valence electrons. The summed E-state index contributed by atoms with van der Waals surface area (Å²) in [5, 5.41) is 3.51. The number of ether oxygens (including phenoxy) is 1. The molecule has 0 radical (unpaired) electrons. The summed E-state index contributed by atoms with van der Waals surface area (Å²) in [6, 6.07) is 0.437. The first-order valence-electron chi connectivity index (χ1n) is 6.62. The van der Waals surface area contributed by atoms with E-state index >= 15 is 0 Å². The molecule has 0 aromatic heterocycles. The summed E-state index contributed by atoms with van der Waals surface area (Å²) >= 11 is 0. The molecule has 1 N–H and O–H groups in total. The Bertz CT molecular complexity index is 172. The highest BCUT2D eigenvalue weighted by atomic mass is 16.5. The van der Waals surface area contributed by atoms with E-state index in [1.54, 1.807) is 0 Å². The van der Waals surface area contributed by atoms with E-state index < -0.39 is 0 Å². The lowest BCUT2D eigenvalue weighted by Crippen LogP contribution is -2.44.